The Morgan fingerprint density at radius 3 is 2.02 bits per heavy atom. The van der Waals surface area contributed by atoms with Gasteiger partial charge >= 0.3 is 0 Å². The van der Waals surface area contributed by atoms with E-state index in [-0.39, 0.29) is 43.8 Å². The summed E-state index contributed by atoms with van der Waals surface area (Å²) in [6.45, 7) is 0.300. The average Bonchev–Trinajstić information content (AvgIpc) is 3.30. The minimum atomic E-state index is -0.571. The van der Waals surface area contributed by atoms with Crippen molar-refractivity contribution in [1.29, 1.82) is 0 Å². The van der Waals surface area contributed by atoms with Gasteiger partial charge in [0, 0.05) is 23.5 Å². The Labute approximate surface area is 255 Å². The zero-order valence-electron chi connectivity index (χ0n) is 23.6. The van der Waals surface area contributed by atoms with Gasteiger partial charge < -0.3 is 19.7 Å². The second-order valence-electron chi connectivity index (χ2n) is 10.7. The molecule has 6 rings (SSSR count). The third kappa shape index (κ3) is 6.30. The van der Waals surface area contributed by atoms with Crippen LogP contribution >= 0.6 is 11.8 Å². The van der Waals surface area contributed by atoms with E-state index in [1.165, 1.54) is 4.90 Å². The predicted octanol–water partition coefficient (Wildman–Crippen LogP) is 5.91. The topological polar surface area (TPSA) is 96.3 Å². The lowest BCUT2D eigenvalue weighted by atomic mass is 9.97. The Hall–Kier alpha value is -3.79. The Bertz CT molecular complexity index is 1550. The summed E-state index contributed by atoms with van der Waals surface area (Å²) in [4.78, 5) is 27.3. The van der Waals surface area contributed by atoms with E-state index in [9.17, 15) is 19.8 Å². The van der Waals surface area contributed by atoms with Crippen LogP contribution < -0.4 is 0 Å². The molecule has 0 radical (unpaired) electrons. The van der Waals surface area contributed by atoms with Gasteiger partial charge in [0.15, 0.2) is 6.29 Å². The van der Waals surface area contributed by atoms with Crippen molar-refractivity contribution < 1.29 is 29.3 Å². The highest BCUT2D eigenvalue weighted by Gasteiger charge is 2.35. The van der Waals surface area contributed by atoms with Crippen molar-refractivity contribution in [2.45, 2.75) is 38.1 Å². The summed E-state index contributed by atoms with van der Waals surface area (Å²) in [7, 11) is 0. The molecule has 0 saturated carbocycles. The van der Waals surface area contributed by atoms with Crippen LogP contribution in [0.2, 0.25) is 0 Å². The lowest BCUT2D eigenvalue weighted by Crippen LogP contribution is -2.31. The highest BCUT2D eigenvalue weighted by atomic mass is 32.2. The quantitative estimate of drug-likeness (QED) is 0.174. The fourth-order valence-corrected chi connectivity index (χ4v) is 6.39. The molecule has 2 aliphatic rings. The van der Waals surface area contributed by atoms with Crippen molar-refractivity contribution in [3.05, 3.63) is 130 Å². The number of hydrogen-bond donors (Lipinski definition) is 2. The van der Waals surface area contributed by atoms with Gasteiger partial charge in [-0.15, -0.1) is 0 Å². The van der Waals surface area contributed by atoms with Crippen molar-refractivity contribution in [2.75, 3.05) is 18.1 Å². The average molecular weight is 596 g/mol. The molecule has 2 aliphatic heterocycles. The maximum absolute atomic E-state index is 13.0. The normalized spacial score (nSPS) is 20.0. The fourth-order valence-electron chi connectivity index (χ4n) is 5.61. The molecule has 3 atom stereocenters. The van der Waals surface area contributed by atoms with Gasteiger partial charge in [-0.25, -0.2) is 0 Å². The van der Waals surface area contributed by atoms with E-state index in [2.05, 4.69) is 0 Å². The van der Waals surface area contributed by atoms with Gasteiger partial charge in [-0.3, -0.25) is 14.5 Å². The molecule has 4 aromatic carbocycles. The number of carbonyl (C=O) groups excluding carboxylic acids is 2. The largest absolute Gasteiger partial charge is 0.396 e. The monoisotopic (exact) mass is 595 g/mol. The Balaban J connectivity index is 1.22. The van der Waals surface area contributed by atoms with E-state index < -0.39 is 6.29 Å². The van der Waals surface area contributed by atoms with Gasteiger partial charge in [0.05, 0.1) is 43.1 Å². The van der Waals surface area contributed by atoms with Crippen LogP contribution in [0, 0.1) is 0 Å². The van der Waals surface area contributed by atoms with Crippen LogP contribution in [-0.2, 0) is 22.6 Å². The first-order chi connectivity index (χ1) is 21.1. The van der Waals surface area contributed by atoms with Gasteiger partial charge in [-0.05, 0) is 39.9 Å². The molecule has 220 valence electrons. The van der Waals surface area contributed by atoms with E-state index in [1.807, 2.05) is 72.8 Å². The number of ether oxygens (including phenoxy) is 2. The molecule has 1 saturated heterocycles. The minimum Gasteiger partial charge on any atom is -0.396 e. The summed E-state index contributed by atoms with van der Waals surface area (Å²) in [5, 5.41) is 18.7. The summed E-state index contributed by atoms with van der Waals surface area (Å²) in [5.74, 6) is 0.847. The fraction of sp³-hybridized carbons (Fsp3) is 0.257. The van der Waals surface area contributed by atoms with Crippen molar-refractivity contribution in [2.24, 2.45) is 0 Å². The molecule has 2 N–H and O–H groups in total. The molecule has 8 heteroatoms. The van der Waals surface area contributed by atoms with Gasteiger partial charge in [0.25, 0.3) is 11.8 Å². The molecular weight excluding hydrogens is 562 g/mol. The summed E-state index contributed by atoms with van der Waals surface area (Å²) >= 11 is 1.66. The Morgan fingerprint density at radius 1 is 0.744 bits per heavy atom. The van der Waals surface area contributed by atoms with Crippen LogP contribution in [0.1, 0.15) is 61.8 Å². The molecule has 2 heterocycles. The lowest BCUT2D eigenvalue weighted by molar-refractivity contribution is -0.245. The minimum absolute atomic E-state index is 0.00820. The van der Waals surface area contributed by atoms with Crippen LogP contribution in [0.25, 0.3) is 11.1 Å². The van der Waals surface area contributed by atoms with E-state index in [0.29, 0.717) is 23.3 Å². The maximum atomic E-state index is 13.0. The van der Waals surface area contributed by atoms with Gasteiger partial charge in [0.2, 0.25) is 0 Å². The molecule has 0 aliphatic carbocycles. The smallest absolute Gasteiger partial charge is 0.261 e. The number of nitrogens with zero attached hydrogens (tertiary/aromatic N) is 1. The molecule has 0 bridgehead atoms. The number of amides is 2. The lowest BCUT2D eigenvalue weighted by Gasteiger charge is -2.36. The third-order valence-electron chi connectivity index (χ3n) is 7.87. The number of hydrogen-bond acceptors (Lipinski definition) is 7. The molecule has 4 aromatic rings. The van der Waals surface area contributed by atoms with Gasteiger partial charge in [0.1, 0.15) is 0 Å². The molecule has 43 heavy (non-hydrogen) atoms. The van der Waals surface area contributed by atoms with Crippen LogP contribution in [0.5, 0.6) is 0 Å². The molecule has 2 amide bonds. The zero-order chi connectivity index (χ0) is 29.8. The molecule has 1 fully saturated rings. The van der Waals surface area contributed by atoms with Crippen LogP contribution in [-0.4, -0.2) is 51.1 Å². The van der Waals surface area contributed by atoms with E-state index in [4.69, 9.17) is 9.47 Å². The Morgan fingerprint density at radius 2 is 1.37 bits per heavy atom. The van der Waals surface area contributed by atoms with Crippen molar-refractivity contribution in [1.82, 2.24) is 4.90 Å². The Kier molecular flexibility index (Phi) is 9.02. The van der Waals surface area contributed by atoms with Crippen molar-refractivity contribution in [3.8, 4) is 11.1 Å². The highest BCUT2D eigenvalue weighted by Crippen LogP contribution is 2.39. The summed E-state index contributed by atoms with van der Waals surface area (Å²) in [6, 6.07) is 30.6. The van der Waals surface area contributed by atoms with Crippen LogP contribution in [0.4, 0.5) is 0 Å². The number of carbonyl (C=O) groups is 2. The van der Waals surface area contributed by atoms with Crippen LogP contribution in [0.3, 0.4) is 0 Å². The van der Waals surface area contributed by atoms with E-state index in [0.717, 1.165) is 39.1 Å². The number of thioether (sulfide) groups is 1. The second-order valence-corrected chi connectivity index (χ2v) is 11.8. The first-order valence-corrected chi connectivity index (χ1v) is 15.5. The summed E-state index contributed by atoms with van der Waals surface area (Å²) in [6.07, 6.45) is -0.112. The maximum Gasteiger partial charge on any atom is 0.261 e. The predicted molar refractivity (Wildman–Crippen MR) is 165 cm³/mol. The third-order valence-corrected chi connectivity index (χ3v) is 8.95. The number of fused-ring (bicyclic) bond motifs is 1. The van der Waals surface area contributed by atoms with Crippen LogP contribution in [0.15, 0.2) is 97.1 Å². The first kappa shape index (κ1) is 29.3. The number of aliphatic hydroxyl groups excluding tert-OH is 2. The van der Waals surface area contributed by atoms with E-state index in [1.54, 1.807) is 36.0 Å². The molecule has 0 unspecified atom stereocenters. The molecule has 0 spiro atoms. The van der Waals surface area contributed by atoms with Gasteiger partial charge in [-0.2, -0.15) is 11.8 Å². The van der Waals surface area contributed by atoms with Crippen molar-refractivity contribution >= 4 is 23.6 Å². The number of benzene rings is 4. The van der Waals surface area contributed by atoms with Crippen molar-refractivity contribution in [3.63, 3.8) is 0 Å². The molecule has 0 aromatic heterocycles. The number of imide groups is 1. The molecule has 7 nitrogen and oxygen atoms in total. The highest BCUT2D eigenvalue weighted by molar-refractivity contribution is 7.99. The standard InChI is InChI=1S/C35H33NO6S/c37-17-18-43-22-28-19-32(25-11-9-23(21-38)10-12-25)42-35(41-28)26-15-13-24(14-16-26)29-6-2-1-5-27(29)20-36-33(39)30-7-3-4-8-31(30)34(36)40/h1-16,28,32,35,37-38H,17-22H2/t28-,32+,35+/m0/s1. The zero-order valence-corrected chi connectivity index (χ0v) is 24.4. The SMILES string of the molecule is O=C1c2ccccc2C(=O)N1Cc1ccccc1-c1ccc([C@@H]2O[C@H](CSCCO)C[C@H](c3ccc(CO)cc3)O2)cc1. The number of rotatable bonds is 10. The summed E-state index contributed by atoms with van der Waals surface area (Å²) < 4.78 is 12.8. The summed E-state index contributed by atoms with van der Waals surface area (Å²) in [5.41, 5.74) is 6.42. The van der Waals surface area contributed by atoms with Gasteiger partial charge in [-0.1, -0.05) is 84.9 Å². The molecular formula is C35H33NO6S. The number of aliphatic hydroxyl groups is 2. The van der Waals surface area contributed by atoms with E-state index >= 15 is 0 Å². The first-order valence-electron chi connectivity index (χ1n) is 14.4. The second kappa shape index (κ2) is 13.2.